The summed E-state index contributed by atoms with van der Waals surface area (Å²) in [5.41, 5.74) is -0.134. The Morgan fingerprint density at radius 1 is 1.07 bits per heavy atom. The van der Waals surface area contributed by atoms with Crippen LogP contribution in [0.15, 0.2) is 42.5 Å². The number of ether oxygens (including phenoxy) is 1. The highest BCUT2D eigenvalue weighted by Gasteiger charge is 2.34. The smallest absolute Gasteiger partial charge is 0.416 e. The first-order valence-corrected chi connectivity index (χ1v) is 8.59. The van der Waals surface area contributed by atoms with E-state index in [2.05, 4.69) is 10.6 Å². The molecule has 0 atom stereocenters. The van der Waals surface area contributed by atoms with Crippen molar-refractivity contribution in [1.29, 1.82) is 0 Å². The number of alkyl halides is 3. The van der Waals surface area contributed by atoms with Crippen molar-refractivity contribution in [2.24, 2.45) is 0 Å². The fourth-order valence-electron chi connectivity index (χ4n) is 2.50. The first-order valence-electron chi connectivity index (χ1n) is 8.59. The second kappa shape index (κ2) is 8.77. The van der Waals surface area contributed by atoms with E-state index in [0.717, 1.165) is 6.07 Å². The zero-order valence-electron chi connectivity index (χ0n) is 15.7. The molecule has 0 saturated carbocycles. The van der Waals surface area contributed by atoms with Gasteiger partial charge in [-0.1, -0.05) is 6.07 Å². The molecular formula is C20H21F3N2O3. The summed E-state index contributed by atoms with van der Waals surface area (Å²) in [7, 11) is 0. The summed E-state index contributed by atoms with van der Waals surface area (Å²) in [5.74, 6) is -0.655. The van der Waals surface area contributed by atoms with Gasteiger partial charge in [-0.05, 0) is 55.8 Å². The van der Waals surface area contributed by atoms with Gasteiger partial charge >= 0.3 is 6.18 Å². The number of halogens is 3. The summed E-state index contributed by atoms with van der Waals surface area (Å²) in [6.07, 6.45) is -4.83. The van der Waals surface area contributed by atoms with Crippen LogP contribution in [-0.2, 0) is 17.5 Å². The molecule has 0 fully saturated rings. The van der Waals surface area contributed by atoms with E-state index >= 15 is 0 Å². The van der Waals surface area contributed by atoms with Crippen molar-refractivity contribution in [3.05, 3.63) is 59.2 Å². The molecule has 0 aliphatic heterocycles. The van der Waals surface area contributed by atoms with Gasteiger partial charge < -0.3 is 15.4 Å². The maximum Gasteiger partial charge on any atom is 0.416 e. The molecule has 28 heavy (non-hydrogen) atoms. The number of hydrogen-bond donors (Lipinski definition) is 2. The van der Waals surface area contributed by atoms with Crippen molar-refractivity contribution in [3.8, 4) is 5.75 Å². The normalized spacial score (nSPS) is 11.2. The fraction of sp³-hybridized carbons (Fsp3) is 0.300. The zero-order chi connectivity index (χ0) is 20.9. The van der Waals surface area contributed by atoms with Gasteiger partial charge in [-0.2, -0.15) is 13.2 Å². The minimum Gasteiger partial charge on any atom is -0.491 e. The molecule has 2 rings (SSSR count). The lowest BCUT2D eigenvalue weighted by molar-refractivity contribution is -0.138. The molecule has 5 nitrogen and oxygen atoms in total. The number of carbonyl (C=O) groups is 2. The quantitative estimate of drug-likeness (QED) is 0.764. The van der Waals surface area contributed by atoms with Crippen LogP contribution in [0.2, 0.25) is 0 Å². The molecule has 0 aromatic heterocycles. The molecule has 2 amide bonds. The van der Waals surface area contributed by atoms with E-state index in [1.807, 2.05) is 0 Å². The Labute approximate surface area is 160 Å². The average molecular weight is 394 g/mol. The van der Waals surface area contributed by atoms with Gasteiger partial charge in [0.05, 0.1) is 11.7 Å². The van der Waals surface area contributed by atoms with Gasteiger partial charge in [-0.15, -0.1) is 0 Å². The Bertz CT molecular complexity index is 847. The summed E-state index contributed by atoms with van der Waals surface area (Å²) >= 11 is 0. The second-order valence-corrected chi connectivity index (χ2v) is 6.42. The highest BCUT2D eigenvalue weighted by molar-refractivity contribution is 5.95. The third-order valence-corrected chi connectivity index (χ3v) is 3.67. The van der Waals surface area contributed by atoms with Gasteiger partial charge in [0, 0.05) is 24.7 Å². The third kappa shape index (κ3) is 6.00. The van der Waals surface area contributed by atoms with Gasteiger partial charge in [0.15, 0.2) is 0 Å². The lowest BCUT2D eigenvalue weighted by atomic mass is 10.1. The van der Waals surface area contributed by atoms with Gasteiger partial charge in [0.25, 0.3) is 5.91 Å². The highest BCUT2D eigenvalue weighted by Crippen LogP contribution is 2.34. The Morgan fingerprint density at radius 3 is 2.25 bits per heavy atom. The highest BCUT2D eigenvalue weighted by atomic mass is 19.4. The summed E-state index contributed by atoms with van der Waals surface area (Å²) in [6.45, 7) is 4.51. The summed E-state index contributed by atoms with van der Waals surface area (Å²) in [5, 5.41) is 5.05. The van der Waals surface area contributed by atoms with E-state index in [-0.39, 0.29) is 35.4 Å². The molecule has 0 aliphatic carbocycles. The van der Waals surface area contributed by atoms with Crippen molar-refractivity contribution < 1.29 is 27.5 Å². The van der Waals surface area contributed by atoms with Gasteiger partial charge in [-0.3, -0.25) is 9.59 Å². The number of rotatable bonds is 6. The van der Waals surface area contributed by atoms with Crippen LogP contribution in [0, 0.1) is 0 Å². The van der Waals surface area contributed by atoms with E-state index in [1.165, 1.54) is 43.3 Å². The summed E-state index contributed by atoms with van der Waals surface area (Å²) < 4.78 is 45.4. The maximum absolute atomic E-state index is 13.4. The molecule has 8 heteroatoms. The number of benzene rings is 2. The van der Waals surface area contributed by atoms with Crippen molar-refractivity contribution >= 4 is 17.5 Å². The topological polar surface area (TPSA) is 67.4 Å². The van der Waals surface area contributed by atoms with Crippen LogP contribution < -0.4 is 15.4 Å². The lowest BCUT2D eigenvalue weighted by Gasteiger charge is -2.17. The monoisotopic (exact) mass is 394 g/mol. The molecule has 150 valence electrons. The first-order chi connectivity index (χ1) is 13.1. The number of carbonyl (C=O) groups excluding carboxylic acids is 2. The predicted molar refractivity (Wildman–Crippen MR) is 99.1 cm³/mol. The van der Waals surface area contributed by atoms with Gasteiger partial charge in [0.1, 0.15) is 5.75 Å². The molecule has 2 aromatic carbocycles. The van der Waals surface area contributed by atoms with Crippen LogP contribution in [0.25, 0.3) is 0 Å². The number of amides is 2. The van der Waals surface area contributed by atoms with E-state index < -0.39 is 17.6 Å². The molecule has 2 aromatic rings. The third-order valence-electron chi connectivity index (χ3n) is 3.67. The average Bonchev–Trinajstić information content (AvgIpc) is 2.59. The van der Waals surface area contributed by atoms with E-state index in [0.29, 0.717) is 5.69 Å². The molecule has 0 heterocycles. The summed E-state index contributed by atoms with van der Waals surface area (Å²) in [6, 6.07) is 9.70. The zero-order valence-corrected chi connectivity index (χ0v) is 15.7. The van der Waals surface area contributed by atoms with Crippen molar-refractivity contribution in [1.82, 2.24) is 5.32 Å². The molecule has 0 radical (unpaired) electrons. The molecule has 0 bridgehead atoms. The van der Waals surface area contributed by atoms with Crippen LogP contribution in [0.4, 0.5) is 18.9 Å². The molecule has 2 N–H and O–H groups in total. The number of nitrogens with one attached hydrogen (secondary N) is 2. The first kappa shape index (κ1) is 21.3. The second-order valence-electron chi connectivity index (χ2n) is 6.42. The Hall–Kier alpha value is -3.03. The number of hydrogen-bond acceptors (Lipinski definition) is 3. The van der Waals surface area contributed by atoms with Crippen LogP contribution in [0.1, 0.15) is 42.3 Å². The standard InChI is InChI=1S/C20H21F3N2O3/c1-12(2)28-17-9-6-15(18(10-17)20(21,22)23)11-24-19(27)14-4-7-16(8-5-14)25-13(3)26/h4-10,12H,11H2,1-3H3,(H,24,27)(H,25,26). The lowest BCUT2D eigenvalue weighted by Crippen LogP contribution is -2.24. The van der Waals surface area contributed by atoms with Gasteiger partial charge in [0.2, 0.25) is 5.91 Å². The predicted octanol–water partition coefficient (Wildman–Crippen LogP) is 4.38. The molecule has 0 aliphatic rings. The van der Waals surface area contributed by atoms with Crippen molar-refractivity contribution in [2.45, 2.75) is 39.6 Å². The summed E-state index contributed by atoms with van der Waals surface area (Å²) in [4.78, 5) is 23.2. The van der Waals surface area contributed by atoms with Gasteiger partial charge in [-0.25, -0.2) is 0 Å². The van der Waals surface area contributed by atoms with Crippen LogP contribution in [0.3, 0.4) is 0 Å². The van der Waals surface area contributed by atoms with E-state index in [1.54, 1.807) is 13.8 Å². The number of anilines is 1. The Morgan fingerprint density at radius 2 is 1.71 bits per heavy atom. The Kier molecular flexibility index (Phi) is 6.66. The van der Waals surface area contributed by atoms with Crippen LogP contribution >= 0.6 is 0 Å². The van der Waals surface area contributed by atoms with Crippen LogP contribution in [0.5, 0.6) is 5.75 Å². The van der Waals surface area contributed by atoms with Crippen molar-refractivity contribution in [3.63, 3.8) is 0 Å². The molecule has 0 spiro atoms. The van der Waals surface area contributed by atoms with Crippen LogP contribution in [-0.4, -0.2) is 17.9 Å². The SMILES string of the molecule is CC(=O)Nc1ccc(C(=O)NCc2ccc(OC(C)C)cc2C(F)(F)F)cc1. The van der Waals surface area contributed by atoms with E-state index in [9.17, 15) is 22.8 Å². The Balaban J connectivity index is 2.12. The molecule has 0 saturated heterocycles. The maximum atomic E-state index is 13.4. The minimum atomic E-state index is -4.57. The fourth-order valence-corrected chi connectivity index (χ4v) is 2.50. The van der Waals surface area contributed by atoms with Crippen molar-refractivity contribution in [2.75, 3.05) is 5.32 Å². The molecular weight excluding hydrogens is 373 g/mol. The molecule has 0 unspecified atom stereocenters. The minimum absolute atomic E-state index is 0.0631. The largest absolute Gasteiger partial charge is 0.491 e. The van der Waals surface area contributed by atoms with E-state index in [4.69, 9.17) is 4.74 Å².